The van der Waals surface area contributed by atoms with Gasteiger partial charge in [0.2, 0.25) is 0 Å². The van der Waals surface area contributed by atoms with Crippen molar-refractivity contribution in [3.63, 3.8) is 0 Å². The molecule has 0 unspecified atom stereocenters. The van der Waals surface area contributed by atoms with Gasteiger partial charge in [-0.2, -0.15) is 0 Å². The van der Waals surface area contributed by atoms with Crippen LogP contribution in [0.4, 0.5) is 13.2 Å². The monoisotopic (exact) mass is 330 g/mol. The Labute approximate surface area is 135 Å². The number of halogens is 3. The smallest absolute Gasteiger partial charge is 0.166 e. The van der Waals surface area contributed by atoms with Crippen LogP contribution in [0.3, 0.4) is 0 Å². The van der Waals surface area contributed by atoms with Crippen molar-refractivity contribution in [3.05, 3.63) is 35.1 Å². The van der Waals surface area contributed by atoms with Gasteiger partial charge < -0.3 is 5.11 Å². The van der Waals surface area contributed by atoms with E-state index in [0.717, 1.165) is 25.2 Å². The Hall–Kier alpha value is -1.11. The normalized spacial score (nSPS) is 20.4. The van der Waals surface area contributed by atoms with E-state index in [4.69, 9.17) is 0 Å². The maximum Gasteiger partial charge on any atom is 0.166 e. The predicted octanol–water partition coefficient (Wildman–Crippen LogP) is 2.63. The molecule has 23 heavy (non-hydrogen) atoms. The van der Waals surface area contributed by atoms with Crippen molar-refractivity contribution in [3.8, 4) is 0 Å². The molecule has 1 aromatic carbocycles. The average Bonchev–Trinajstić information content (AvgIpc) is 2.50. The van der Waals surface area contributed by atoms with Crippen LogP contribution >= 0.6 is 0 Å². The quantitative estimate of drug-likeness (QED) is 0.813. The standard InChI is InChI=1S/C17H25F3N2O/c1-12(2)9-22-7-6-21(10-13(22)5-8-23)11-14-15(18)3-4-16(19)17(14)20/h3-4,12-13,23H,5-11H2,1-2H3/t13-/m0/s1. The fraction of sp³-hybridized carbons (Fsp3) is 0.647. The van der Waals surface area contributed by atoms with Gasteiger partial charge in [0.1, 0.15) is 5.82 Å². The van der Waals surface area contributed by atoms with E-state index in [9.17, 15) is 18.3 Å². The number of nitrogens with zero attached hydrogens (tertiary/aromatic N) is 2. The first kappa shape index (κ1) is 18.2. The maximum atomic E-state index is 13.8. The Morgan fingerprint density at radius 3 is 2.52 bits per heavy atom. The number of hydrogen-bond acceptors (Lipinski definition) is 3. The van der Waals surface area contributed by atoms with Crippen LogP contribution in [0.25, 0.3) is 0 Å². The molecule has 1 fully saturated rings. The van der Waals surface area contributed by atoms with E-state index >= 15 is 0 Å². The van der Waals surface area contributed by atoms with Gasteiger partial charge in [-0.15, -0.1) is 0 Å². The lowest BCUT2D eigenvalue weighted by atomic mass is 10.0. The van der Waals surface area contributed by atoms with Gasteiger partial charge >= 0.3 is 0 Å². The fourth-order valence-corrected chi connectivity index (χ4v) is 3.17. The zero-order valence-corrected chi connectivity index (χ0v) is 13.7. The summed E-state index contributed by atoms with van der Waals surface area (Å²) in [6.45, 7) is 7.40. The highest BCUT2D eigenvalue weighted by molar-refractivity contribution is 5.21. The molecule has 1 atom stereocenters. The minimum absolute atomic E-state index is 0.0485. The first-order chi connectivity index (χ1) is 10.9. The van der Waals surface area contributed by atoms with Crippen molar-refractivity contribution in [2.45, 2.75) is 32.9 Å². The molecule has 130 valence electrons. The molecule has 3 nitrogen and oxygen atoms in total. The number of rotatable bonds is 6. The van der Waals surface area contributed by atoms with E-state index < -0.39 is 17.5 Å². The summed E-state index contributed by atoms with van der Waals surface area (Å²) in [5, 5.41) is 9.26. The fourth-order valence-electron chi connectivity index (χ4n) is 3.17. The molecule has 1 aliphatic heterocycles. The van der Waals surface area contributed by atoms with Gasteiger partial charge in [0.15, 0.2) is 11.6 Å². The number of aliphatic hydroxyl groups excluding tert-OH is 1. The van der Waals surface area contributed by atoms with Gasteiger partial charge in [-0.3, -0.25) is 9.80 Å². The molecule has 0 saturated carbocycles. The Morgan fingerprint density at radius 2 is 1.87 bits per heavy atom. The van der Waals surface area contributed by atoms with Gasteiger partial charge in [0, 0.05) is 50.9 Å². The Morgan fingerprint density at radius 1 is 1.17 bits per heavy atom. The molecule has 1 aliphatic rings. The van der Waals surface area contributed by atoms with Gasteiger partial charge in [0.05, 0.1) is 0 Å². The van der Waals surface area contributed by atoms with Gasteiger partial charge in [-0.25, -0.2) is 13.2 Å². The molecule has 0 aromatic heterocycles. The summed E-state index contributed by atoms with van der Waals surface area (Å²) in [6, 6.07) is 1.92. The van der Waals surface area contributed by atoms with E-state index in [1.54, 1.807) is 0 Å². The second-order valence-corrected chi connectivity index (χ2v) is 6.61. The minimum atomic E-state index is -1.10. The van der Waals surface area contributed by atoms with Crippen molar-refractivity contribution in [1.29, 1.82) is 0 Å². The molecule has 2 rings (SSSR count). The lowest BCUT2D eigenvalue weighted by Crippen LogP contribution is -2.54. The van der Waals surface area contributed by atoms with Crippen molar-refractivity contribution in [2.24, 2.45) is 5.92 Å². The van der Waals surface area contributed by atoms with E-state index in [0.29, 0.717) is 25.4 Å². The summed E-state index contributed by atoms with van der Waals surface area (Å²) in [5.74, 6) is -2.33. The summed E-state index contributed by atoms with van der Waals surface area (Å²) in [4.78, 5) is 4.24. The number of hydrogen-bond donors (Lipinski definition) is 1. The number of piperazine rings is 1. The first-order valence-electron chi connectivity index (χ1n) is 8.12. The van der Waals surface area contributed by atoms with Crippen molar-refractivity contribution < 1.29 is 18.3 Å². The Bertz CT molecular complexity index is 525. The molecule has 0 amide bonds. The second-order valence-electron chi connectivity index (χ2n) is 6.61. The molecule has 6 heteroatoms. The Balaban J connectivity index is 2.07. The van der Waals surface area contributed by atoms with Crippen LogP contribution in [-0.4, -0.2) is 53.7 Å². The van der Waals surface area contributed by atoms with Gasteiger partial charge in [-0.1, -0.05) is 13.8 Å². The van der Waals surface area contributed by atoms with Crippen LogP contribution in [0, 0.1) is 23.4 Å². The number of aliphatic hydroxyl groups is 1. The van der Waals surface area contributed by atoms with Gasteiger partial charge in [0.25, 0.3) is 0 Å². The highest BCUT2D eigenvalue weighted by Crippen LogP contribution is 2.21. The van der Waals surface area contributed by atoms with E-state index in [2.05, 4.69) is 18.7 Å². The molecule has 1 N–H and O–H groups in total. The van der Waals surface area contributed by atoms with Gasteiger partial charge in [-0.05, 0) is 24.5 Å². The zero-order chi connectivity index (χ0) is 17.0. The topological polar surface area (TPSA) is 26.7 Å². The summed E-state index contributed by atoms with van der Waals surface area (Å²) in [6.07, 6.45) is 0.622. The summed E-state index contributed by atoms with van der Waals surface area (Å²) >= 11 is 0. The maximum absolute atomic E-state index is 13.8. The van der Waals surface area contributed by atoms with Crippen molar-refractivity contribution >= 4 is 0 Å². The molecule has 0 spiro atoms. The number of benzene rings is 1. The van der Waals surface area contributed by atoms with Crippen LogP contribution in [0.15, 0.2) is 12.1 Å². The third-order valence-corrected chi connectivity index (χ3v) is 4.27. The summed E-state index contributed by atoms with van der Waals surface area (Å²) in [5.41, 5.74) is -0.218. The predicted molar refractivity (Wildman–Crippen MR) is 83.5 cm³/mol. The van der Waals surface area contributed by atoms with Crippen LogP contribution < -0.4 is 0 Å². The summed E-state index contributed by atoms with van der Waals surface area (Å²) in [7, 11) is 0. The van der Waals surface area contributed by atoms with Crippen LogP contribution in [-0.2, 0) is 6.54 Å². The largest absolute Gasteiger partial charge is 0.396 e. The molecular weight excluding hydrogens is 305 g/mol. The van der Waals surface area contributed by atoms with Crippen molar-refractivity contribution in [1.82, 2.24) is 9.80 Å². The zero-order valence-electron chi connectivity index (χ0n) is 13.7. The molecule has 0 aliphatic carbocycles. The highest BCUT2D eigenvalue weighted by Gasteiger charge is 2.28. The molecule has 1 aromatic rings. The lowest BCUT2D eigenvalue weighted by Gasteiger charge is -2.42. The van der Waals surface area contributed by atoms with Crippen LogP contribution in [0.2, 0.25) is 0 Å². The second kappa shape index (κ2) is 8.13. The third kappa shape index (κ3) is 4.68. The van der Waals surface area contributed by atoms with E-state index in [1.165, 1.54) is 0 Å². The highest BCUT2D eigenvalue weighted by atomic mass is 19.2. The van der Waals surface area contributed by atoms with Crippen molar-refractivity contribution in [2.75, 3.05) is 32.8 Å². The molecule has 1 saturated heterocycles. The molecule has 1 heterocycles. The lowest BCUT2D eigenvalue weighted by molar-refractivity contribution is 0.0466. The van der Waals surface area contributed by atoms with E-state index in [-0.39, 0.29) is 24.8 Å². The SMILES string of the molecule is CC(C)CN1CCN(Cc2c(F)ccc(F)c2F)C[C@@H]1CCO. The average molecular weight is 330 g/mol. The minimum Gasteiger partial charge on any atom is -0.396 e. The van der Waals surface area contributed by atoms with Crippen LogP contribution in [0.1, 0.15) is 25.8 Å². The third-order valence-electron chi connectivity index (χ3n) is 4.27. The van der Waals surface area contributed by atoms with Crippen LogP contribution in [0.5, 0.6) is 0 Å². The Kier molecular flexibility index (Phi) is 6.44. The summed E-state index contributed by atoms with van der Waals surface area (Å²) < 4.78 is 40.9. The molecular formula is C17H25F3N2O. The van der Waals surface area contributed by atoms with E-state index in [1.807, 2.05) is 4.90 Å². The molecule has 0 radical (unpaired) electrons. The molecule has 0 bridgehead atoms. The first-order valence-corrected chi connectivity index (χ1v) is 8.12.